The van der Waals surface area contributed by atoms with Gasteiger partial charge in [-0.15, -0.1) is 10.2 Å². The van der Waals surface area contributed by atoms with E-state index in [-0.39, 0.29) is 22.6 Å². The van der Waals surface area contributed by atoms with Crippen LogP contribution in [0, 0.1) is 10.1 Å². The summed E-state index contributed by atoms with van der Waals surface area (Å²) in [7, 11) is 2.89. The zero-order valence-electron chi connectivity index (χ0n) is 14.0. The lowest BCUT2D eigenvalue weighted by Gasteiger charge is -2.02. The highest BCUT2D eigenvalue weighted by Gasteiger charge is 2.20. The molecule has 0 saturated carbocycles. The molecule has 134 valence electrons. The number of nitrogens with one attached hydrogen (secondary N) is 1. The number of hydrogen-bond donors (Lipinski definition) is 1. The van der Waals surface area contributed by atoms with E-state index in [1.54, 1.807) is 6.07 Å². The fourth-order valence-corrected chi connectivity index (χ4v) is 3.29. The second kappa shape index (κ2) is 4.75. The van der Waals surface area contributed by atoms with Crippen molar-refractivity contribution in [2.75, 3.05) is 0 Å². The quantitative estimate of drug-likeness (QED) is 0.330. The molecular formula is C15H10N8O4. The van der Waals surface area contributed by atoms with E-state index in [9.17, 15) is 19.7 Å². The summed E-state index contributed by atoms with van der Waals surface area (Å²) in [4.78, 5) is 42.8. The summed E-state index contributed by atoms with van der Waals surface area (Å²) in [6, 6.07) is 4.33. The topological polar surface area (TPSA) is 146 Å². The second-order valence-corrected chi connectivity index (χ2v) is 6.13. The van der Waals surface area contributed by atoms with Crippen LogP contribution in [0.4, 0.5) is 5.69 Å². The Labute approximate surface area is 147 Å². The number of fused-ring (bicyclic) bond motifs is 7. The van der Waals surface area contributed by atoms with Gasteiger partial charge < -0.3 is 4.98 Å². The molecule has 12 heteroatoms. The number of non-ortho nitro benzene ring substituents is 1. The van der Waals surface area contributed by atoms with Gasteiger partial charge in [-0.1, -0.05) is 0 Å². The number of aryl methyl sites for hydroxylation is 1. The fourth-order valence-electron chi connectivity index (χ4n) is 3.29. The first-order chi connectivity index (χ1) is 12.9. The number of hydrogen-bond acceptors (Lipinski definition) is 7. The average molecular weight is 366 g/mol. The number of rotatable bonds is 1. The summed E-state index contributed by atoms with van der Waals surface area (Å²) in [6.45, 7) is 0. The highest BCUT2D eigenvalue weighted by atomic mass is 16.6. The molecule has 0 amide bonds. The minimum Gasteiger partial charge on any atom is -0.339 e. The van der Waals surface area contributed by atoms with Gasteiger partial charge in [-0.3, -0.25) is 28.4 Å². The number of nitro benzene ring substituents is 1. The Hall–Kier alpha value is -4.09. The highest BCUT2D eigenvalue weighted by molar-refractivity contribution is 6.05. The standard InChI is InChI=1S/C15H10N8O4/c1-20-12-10(13(24)21(2)15(20)25)22-11-9(18-19-14(22)17-12)7-5-6(23(26)27)3-4-8(7)16-11/h3-5,16H,1-2H3. The predicted octanol–water partition coefficient (Wildman–Crippen LogP) is 0.218. The monoisotopic (exact) mass is 366 g/mol. The summed E-state index contributed by atoms with van der Waals surface area (Å²) in [6.07, 6.45) is 0. The first kappa shape index (κ1) is 15.2. The van der Waals surface area contributed by atoms with E-state index in [4.69, 9.17) is 0 Å². The van der Waals surface area contributed by atoms with Crippen molar-refractivity contribution < 1.29 is 4.92 Å². The number of aromatic amines is 1. The van der Waals surface area contributed by atoms with Gasteiger partial charge in [-0.05, 0) is 6.07 Å². The first-order valence-electron chi connectivity index (χ1n) is 7.79. The second-order valence-electron chi connectivity index (χ2n) is 6.13. The smallest absolute Gasteiger partial charge is 0.332 e. The normalized spacial score (nSPS) is 11.9. The van der Waals surface area contributed by atoms with Gasteiger partial charge in [0.1, 0.15) is 11.2 Å². The van der Waals surface area contributed by atoms with Crippen molar-refractivity contribution in [2.45, 2.75) is 0 Å². The Morgan fingerprint density at radius 1 is 1.15 bits per heavy atom. The van der Waals surface area contributed by atoms with Crippen LogP contribution in [0.2, 0.25) is 0 Å². The third-order valence-corrected chi connectivity index (χ3v) is 4.65. The molecule has 0 saturated heterocycles. The number of nitrogens with zero attached hydrogens (tertiary/aromatic N) is 7. The number of aromatic nitrogens is 7. The molecule has 0 atom stereocenters. The average Bonchev–Trinajstić information content (AvgIpc) is 3.22. The van der Waals surface area contributed by atoms with Gasteiger partial charge in [-0.25, -0.2) is 4.79 Å². The zero-order chi connectivity index (χ0) is 19.0. The molecule has 4 aromatic heterocycles. The molecule has 27 heavy (non-hydrogen) atoms. The van der Waals surface area contributed by atoms with Gasteiger partial charge in [0.15, 0.2) is 11.2 Å². The molecule has 0 aliphatic carbocycles. The van der Waals surface area contributed by atoms with Crippen molar-refractivity contribution in [2.24, 2.45) is 14.1 Å². The van der Waals surface area contributed by atoms with E-state index in [0.717, 1.165) is 4.57 Å². The number of H-pyrrole nitrogens is 1. The van der Waals surface area contributed by atoms with E-state index in [1.165, 1.54) is 35.2 Å². The van der Waals surface area contributed by atoms with Crippen molar-refractivity contribution in [1.29, 1.82) is 0 Å². The molecule has 0 aliphatic heterocycles. The molecule has 1 aromatic carbocycles. The minimum absolute atomic E-state index is 0.0842. The van der Waals surface area contributed by atoms with E-state index in [1.807, 2.05) is 0 Å². The fraction of sp³-hybridized carbons (Fsp3) is 0.133. The van der Waals surface area contributed by atoms with E-state index >= 15 is 0 Å². The molecule has 0 bridgehead atoms. The van der Waals surface area contributed by atoms with Crippen LogP contribution >= 0.6 is 0 Å². The van der Waals surface area contributed by atoms with Crippen LogP contribution < -0.4 is 11.2 Å². The number of nitro groups is 1. The lowest BCUT2D eigenvalue weighted by molar-refractivity contribution is -0.384. The Bertz CT molecular complexity index is 1570. The highest BCUT2D eigenvalue weighted by Crippen LogP contribution is 2.28. The maximum atomic E-state index is 12.7. The van der Waals surface area contributed by atoms with Crippen molar-refractivity contribution in [3.8, 4) is 0 Å². The lowest BCUT2D eigenvalue weighted by Crippen LogP contribution is -2.37. The van der Waals surface area contributed by atoms with Gasteiger partial charge in [0, 0.05) is 37.1 Å². The van der Waals surface area contributed by atoms with Gasteiger partial charge in [0.05, 0.1) is 4.92 Å². The number of benzene rings is 1. The van der Waals surface area contributed by atoms with E-state index < -0.39 is 16.2 Å². The molecular weight excluding hydrogens is 356 g/mol. The molecule has 1 N–H and O–H groups in total. The summed E-state index contributed by atoms with van der Waals surface area (Å²) >= 11 is 0. The van der Waals surface area contributed by atoms with Gasteiger partial charge in [-0.2, -0.15) is 4.98 Å². The molecule has 0 radical (unpaired) electrons. The third kappa shape index (κ3) is 1.78. The maximum Gasteiger partial charge on any atom is 0.332 e. The minimum atomic E-state index is -0.528. The summed E-state index contributed by atoms with van der Waals surface area (Å²) in [5.74, 6) is 0.136. The van der Waals surface area contributed by atoms with Crippen molar-refractivity contribution in [3.05, 3.63) is 49.2 Å². The molecule has 5 aromatic rings. The molecule has 4 heterocycles. The van der Waals surface area contributed by atoms with Crippen LogP contribution in [0.5, 0.6) is 0 Å². The predicted molar refractivity (Wildman–Crippen MR) is 94.8 cm³/mol. The Balaban J connectivity index is 2.06. The number of imidazole rings is 1. The Kier molecular flexibility index (Phi) is 2.67. The molecule has 12 nitrogen and oxygen atoms in total. The molecule has 0 fully saturated rings. The van der Waals surface area contributed by atoms with Crippen molar-refractivity contribution in [3.63, 3.8) is 0 Å². The zero-order valence-corrected chi connectivity index (χ0v) is 14.0. The van der Waals surface area contributed by atoms with Gasteiger partial charge >= 0.3 is 5.69 Å². The van der Waals surface area contributed by atoms with E-state index in [0.29, 0.717) is 22.1 Å². The van der Waals surface area contributed by atoms with E-state index in [2.05, 4.69) is 20.2 Å². The van der Waals surface area contributed by atoms with Crippen molar-refractivity contribution >= 4 is 44.7 Å². The van der Waals surface area contributed by atoms with Crippen LogP contribution in [0.25, 0.3) is 39.0 Å². The summed E-state index contributed by atoms with van der Waals surface area (Å²) < 4.78 is 3.71. The SMILES string of the molecule is Cn1c(=O)c2c(nc3nnc4c5cc([N+](=O)[O-])ccc5[nH]c4n32)n(C)c1=O. The summed E-state index contributed by atoms with van der Waals surface area (Å²) in [5.41, 5.74) is 0.585. The summed E-state index contributed by atoms with van der Waals surface area (Å²) in [5, 5.41) is 19.7. The van der Waals surface area contributed by atoms with Crippen molar-refractivity contribution in [1.82, 2.24) is 33.7 Å². The van der Waals surface area contributed by atoms with Gasteiger partial charge in [0.25, 0.3) is 17.0 Å². The molecule has 0 unspecified atom stereocenters. The Morgan fingerprint density at radius 2 is 1.93 bits per heavy atom. The molecule has 0 spiro atoms. The Morgan fingerprint density at radius 3 is 2.67 bits per heavy atom. The van der Waals surface area contributed by atoms with Crippen LogP contribution in [0.1, 0.15) is 0 Å². The largest absolute Gasteiger partial charge is 0.339 e. The van der Waals surface area contributed by atoms with Crippen LogP contribution in [-0.4, -0.2) is 38.6 Å². The van der Waals surface area contributed by atoms with Crippen LogP contribution in [0.3, 0.4) is 0 Å². The van der Waals surface area contributed by atoms with Gasteiger partial charge in [0.2, 0.25) is 0 Å². The third-order valence-electron chi connectivity index (χ3n) is 4.65. The molecule has 0 aliphatic rings. The van der Waals surface area contributed by atoms with Crippen LogP contribution in [0.15, 0.2) is 27.8 Å². The molecule has 5 rings (SSSR count). The maximum absolute atomic E-state index is 12.7. The first-order valence-corrected chi connectivity index (χ1v) is 7.79. The lowest BCUT2D eigenvalue weighted by atomic mass is 10.2. The van der Waals surface area contributed by atoms with Crippen LogP contribution in [-0.2, 0) is 14.1 Å².